The molecule has 0 spiro atoms. The summed E-state index contributed by atoms with van der Waals surface area (Å²) in [4.78, 5) is 17.0. The number of piperidine rings is 1. The zero-order valence-electron chi connectivity index (χ0n) is 16.1. The predicted octanol–water partition coefficient (Wildman–Crippen LogP) is 6.06. The molecule has 0 amide bonds. The normalized spacial score (nSPS) is 17.1. The number of hydrogen-bond donors (Lipinski definition) is 1. The lowest BCUT2D eigenvalue weighted by Crippen LogP contribution is -2.38. The molecule has 2 aromatic carbocycles. The molecular formula is C22H26Cl3NO3. The van der Waals surface area contributed by atoms with Crippen molar-refractivity contribution in [2.24, 2.45) is 5.92 Å². The lowest BCUT2D eigenvalue weighted by atomic mass is 9.87. The number of carboxylic acids is 1. The Morgan fingerprint density at radius 2 is 1.62 bits per heavy atom. The fourth-order valence-electron chi connectivity index (χ4n) is 3.66. The molecule has 3 rings (SSSR count). The molecule has 7 heteroatoms. The van der Waals surface area contributed by atoms with Gasteiger partial charge in [0.25, 0.3) is 0 Å². The van der Waals surface area contributed by atoms with Crippen molar-refractivity contribution in [2.45, 2.75) is 31.6 Å². The van der Waals surface area contributed by atoms with Gasteiger partial charge >= 0.3 is 5.97 Å². The average molecular weight is 459 g/mol. The number of hydrogen-bond acceptors (Lipinski definition) is 3. The zero-order valence-corrected chi connectivity index (χ0v) is 18.4. The maximum atomic E-state index is 11.2. The molecule has 2 aromatic rings. The Morgan fingerprint density at radius 3 is 2.14 bits per heavy atom. The van der Waals surface area contributed by atoms with Crippen molar-refractivity contribution in [3.05, 3.63) is 69.7 Å². The van der Waals surface area contributed by atoms with Crippen molar-refractivity contribution in [3.63, 3.8) is 0 Å². The van der Waals surface area contributed by atoms with Gasteiger partial charge in [0, 0.05) is 29.1 Å². The topological polar surface area (TPSA) is 49.8 Å². The van der Waals surface area contributed by atoms with E-state index in [9.17, 15) is 9.90 Å². The van der Waals surface area contributed by atoms with Gasteiger partial charge in [-0.3, -0.25) is 9.63 Å². The molecule has 1 heterocycles. The van der Waals surface area contributed by atoms with Crippen LogP contribution in [0.2, 0.25) is 10.0 Å². The van der Waals surface area contributed by atoms with Crippen molar-refractivity contribution in [2.75, 3.05) is 19.7 Å². The highest BCUT2D eigenvalue weighted by molar-refractivity contribution is 6.30. The summed E-state index contributed by atoms with van der Waals surface area (Å²) in [5, 5.41) is 12.4. The molecule has 0 unspecified atom stereocenters. The molecule has 4 nitrogen and oxygen atoms in total. The molecule has 1 aliphatic rings. The van der Waals surface area contributed by atoms with Gasteiger partial charge in [-0.2, -0.15) is 5.06 Å². The molecule has 1 aliphatic heterocycles. The molecule has 1 fully saturated rings. The number of aliphatic carboxylic acids is 1. The number of halogens is 3. The van der Waals surface area contributed by atoms with Crippen molar-refractivity contribution in [3.8, 4) is 0 Å². The summed E-state index contributed by atoms with van der Waals surface area (Å²) in [6.07, 6.45) is 3.36. The van der Waals surface area contributed by atoms with Gasteiger partial charge in [-0.05, 0) is 61.1 Å². The van der Waals surface area contributed by atoms with Crippen LogP contribution < -0.4 is 0 Å². The Bertz CT molecular complexity index is 722. The van der Waals surface area contributed by atoms with Crippen LogP contribution in [0.3, 0.4) is 0 Å². The smallest absolute Gasteiger partial charge is 0.307 e. The predicted molar refractivity (Wildman–Crippen MR) is 119 cm³/mol. The van der Waals surface area contributed by atoms with Crippen LogP contribution in [0.1, 0.15) is 42.7 Å². The number of benzene rings is 2. The summed E-state index contributed by atoms with van der Waals surface area (Å²) in [6, 6.07) is 15.9. The van der Waals surface area contributed by atoms with Crippen LogP contribution in [-0.4, -0.2) is 35.8 Å². The second-order valence-electron chi connectivity index (χ2n) is 7.20. The molecule has 1 atom stereocenters. The Morgan fingerprint density at radius 1 is 1.07 bits per heavy atom. The second-order valence-corrected chi connectivity index (χ2v) is 8.07. The third-order valence-electron chi connectivity index (χ3n) is 5.19. The van der Waals surface area contributed by atoms with Gasteiger partial charge < -0.3 is 5.11 Å². The van der Waals surface area contributed by atoms with Crippen molar-refractivity contribution in [1.29, 1.82) is 0 Å². The Balaban J connectivity index is 0.00000300. The molecule has 29 heavy (non-hydrogen) atoms. The first-order chi connectivity index (χ1) is 13.5. The molecule has 158 valence electrons. The van der Waals surface area contributed by atoms with Gasteiger partial charge in [0.05, 0.1) is 12.5 Å². The first-order valence-electron chi connectivity index (χ1n) is 9.64. The van der Waals surface area contributed by atoms with Gasteiger partial charge in [0.2, 0.25) is 0 Å². The fourth-order valence-corrected chi connectivity index (χ4v) is 3.91. The van der Waals surface area contributed by atoms with Gasteiger partial charge in [-0.1, -0.05) is 47.5 Å². The second kappa shape index (κ2) is 11.8. The first kappa shape index (κ1) is 24.0. The number of hydroxylamine groups is 2. The van der Waals surface area contributed by atoms with E-state index in [0.29, 0.717) is 13.2 Å². The Labute approximate surface area is 188 Å². The minimum atomic E-state index is -0.737. The standard InChI is InChI=1S/C22H25Cl2NO3.ClH/c23-19-9-5-16(6-10-19)21(17-7-11-20(24)12-8-17)4-2-14-28-25-13-1-3-18(15-25)22(26)27;/h5-12,18,21H,1-4,13-15H2,(H,26,27);1H/t18-;/m1./s1. The van der Waals surface area contributed by atoms with E-state index in [1.165, 1.54) is 11.1 Å². The molecule has 1 N–H and O–H groups in total. The van der Waals surface area contributed by atoms with Crippen LogP contribution in [0, 0.1) is 5.92 Å². The van der Waals surface area contributed by atoms with Crippen LogP contribution in [0.4, 0.5) is 0 Å². The van der Waals surface area contributed by atoms with Gasteiger partial charge in [0.1, 0.15) is 0 Å². The number of rotatable bonds is 8. The lowest BCUT2D eigenvalue weighted by molar-refractivity contribution is -0.186. The minimum absolute atomic E-state index is 0. The van der Waals surface area contributed by atoms with E-state index >= 15 is 0 Å². The SMILES string of the molecule is Cl.O=C(O)[C@@H]1CCCN(OCCCC(c2ccc(Cl)cc2)c2ccc(Cl)cc2)C1. The third kappa shape index (κ3) is 7.16. The number of nitrogens with zero attached hydrogens (tertiary/aromatic N) is 1. The van der Waals surface area contributed by atoms with Crippen LogP contribution in [0.15, 0.2) is 48.5 Å². The van der Waals surface area contributed by atoms with Gasteiger partial charge in [-0.15, -0.1) is 12.4 Å². The molecule has 0 aromatic heterocycles. The lowest BCUT2D eigenvalue weighted by Gasteiger charge is -2.29. The van der Waals surface area contributed by atoms with E-state index in [1.54, 1.807) is 0 Å². The molecule has 0 saturated carbocycles. The maximum Gasteiger partial charge on any atom is 0.307 e. The maximum absolute atomic E-state index is 11.2. The zero-order chi connectivity index (χ0) is 19.9. The average Bonchev–Trinajstić information content (AvgIpc) is 2.70. The van der Waals surface area contributed by atoms with Crippen LogP contribution in [0.5, 0.6) is 0 Å². The molecular weight excluding hydrogens is 433 g/mol. The van der Waals surface area contributed by atoms with Crippen molar-refractivity contribution < 1.29 is 14.7 Å². The van der Waals surface area contributed by atoms with E-state index in [1.807, 2.05) is 29.3 Å². The van der Waals surface area contributed by atoms with Crippen molar-refractivity contribution >= 4 is 41.6 Å². The van der Waals surface area contributed by atoms with E-state index in [2.05, 4.69) is 24.3 Å². The van der Waals surface area contributed by atoms with Crippen LogP contribution in [0.25, 0.3) is 0 Å². The molecule has 0 bridgehead atoms. The Hall–Kier alpha value is -1.30. The third-order valence-corrected chi connectivity index (χ3v) is 5.69. The summed E-state index contributed by atoms with van der Waals surface area (Å²) in [6.45, 7) is 1.83. The fraction of sp³-hybridized carbons (Fsp3) is 0.409. The van der Waals surface area contributed by atoms with Gasteiger partial charge in [0.15, 0.2) is 0 Å². The van der Waals surface area contributed by atoms with Crippen LogP contribution in [-0.2, 0) is 9.63 Å². The van der Waals surface area contributed by atoms with E-state index in [0.717, 1.165) is 42.3 Å². The first-order valence-corrected chi connectivity index (χ1v) is 10.4. The molecule has 0 radical (unpaired) electrons. The summed E-state index contributed by atoms with van der Waals surface area (Å²) < 4.78 is 0. The van der Waals surface area contributed by atoms with E-state index in [4.69, 9.17) is 28.0 Å². The summed E-state index contributed by atoms with van der Waals surface area (Å²) in [7, 11) is 0. The molecule has 0 aliphatic carbocycles. The summed E-state index contributed by atoms with van der Waals surface area (Å²) in [5.74, 6) is -0.838. The number of carboxylic acid groups (broad SMARTS) is 1. The van der Waals surface area contributed by atoms with E-state index in [-0.39, 0.29) is 24.2 Å². The van der Waals surface area contributed by atoms with E-state index < -0.39 is 5.97 Å². The largest absolute Gasteiger partial charge is 0.481 e. The highest BCUT2D eigenvalue weighted by atomic mass is 35.5. The van der Waals surface area contributed by atoms with Crippen molar-refractivity contribution in [1.82, 2.24) is 5.06 Å². The number of carbonyl (C=O) groups is 1. The summed E-state index contributed by atoms with van der Waals surface area (Å²) in [5.41, 5.74) is 2.41. The monoisotopic (exact) mass is 457 g/mol. The van der Waals surface area contributed by atoms with Crippen LogP contribution >= 0.6 is 35.6 Å². The Kier molecular flexibility index (Phi) is 9.73. The quantitative estimate of drug-likeness (QED) is 0.489. The summed E-state index contributed by atoms with van der Waals surface area (Å²) >= 11 is 12.1. The van der Waals surface area contributed by atoms with Gasteiger partial charge in [-0.25, -0.2) is 0 Å². The molecule has 1 saturated heterocycles. The minimum Gasteiger partial charge on any atom is -0.481 e. The highest BCUT2D eigenvalue weighted by Gasteiger charge is 2.25. The highest BCUT2D eigenvalue weighted by Crippen LogP contribution is 2.31.